The summed E-state index contributed by atoms with van der Waals surface area (Å²) in [6.07, 6.45) is 5.41. The van der Waals surface area contributed by atoms with Crippen LogP contribution in [0.2, 0.25) is 0 Å². The van der Waals surface area contributed by atoms with E-state index in [0.29, 0.717) is 43.0 Å². The number of rotatable bonds is 5. The predicted octanol–water partition coefficient (Wildman–Crippen LogP) is 2.60. The Hall–Kier alpha value is -2.38. The molecule has 0 spiro atoms. The van der Waals surface area contributed by atoms with Crippen LogP contribution in [0, 0.1) is 0 Å². The third-order valence-corrected chi connectivity index (χ3v) is 10.8. The second-order valence-corrected chi connectivity index (χ2v) is 13.6. The zero-order chi connectivity index (χ0) is 25.5. The van der Waals surface area contributed by atoms with Gasteiger partial charge in [-0.3, -0.25) is 5.43 Å². The van der Waals surface area contributed by atoms with Gasteiger partial charge >= 0.3 is 0 Å². The van der Waals surface area contributed by atoms with Crippen molar-refractivity contribution in [2.75, 3.05) is 26.2 Å². The van der Waals surface area contributed by atoms with E-state index >= 15 is 0 Å². The van der Waals surface area contributed by atoms with Gasteiger partial charge in [-0.25, -0.2) is 16.8 Å². The van der Waals surface area contributed by atoms with E-state index in [1.807, 2.05) is 0 Å². The Labute approximate surface area is 217 Å². The highest BCUT2D eigenvalue weighted by molar-refractivity contribution is 7.89. The van der Waals surface area contributed by atoms with Crippen molar-refractivity contribution in [3.05, 3.63) is 47.5 Å². The van der Waals surface area contributed by atoms with Crippen molar-refractivity contribution in [2.24, 2.45) is 10.8 Å². The molecule has 2 saturated heterocycles. The predicted molar refractivity (Wildman–Crippen MR) is 143 cm³/mol. The lowest BCUT2D eigenvalue weighted by Crippen LogP contribution is -2.35. The molecule has 192 valence electrons. The topological polar surface area (TPSA) is 125 Å². The molecule has 2 heterocycles. The number of nitrogens with zero attached hydrogens (tertiary/aromatic N) is 3. The first-order chi connectivity index (χ1) is 17.2. The second kappa shape index (κ2) is 9.82. The lowest BCUT2D eigenvalue weighted by atomic mass is 10.1. The lowest BCUT2D eigenvalue weighted by molar-refractivity contribution is 0.346. The number of hydrogen-bond donors (Lipinski definition) is 2. The van der Waals surface area contributed by atoms with Gasteiger partial charge in [0.05, 0.1) is 15.5 Å². The van der Waals surface area contributed by atoms with E-state index in [9.17, 15) is 16.8 Å². The van der Waals surface area contributed by atoms with E-state index in [-0.39, 0.29) is 14.9 Å². The smallest absolute Gasteiger partial charge is 0.243 e. The number of nitrogens with one attached hydrogen (secondary N) is 1. The van der Waals surface area contributed by atoms with Crippen molar-refractivity contribution in [1.29, 1.82) is 0 Å². The molecule has 12 heteroatoms. The summed E-state index contributed by atoms with van der Waals surface area (Å²) < 4.78 is 56.4. The minimum atomic E-state index is -3.67. The van der Waals surface area contributed by atoms with Crippen molar-refractivity contribution < 1.29 is 16.8 Å². The van der Waals surface area contributed by atoms with Gasteiger partial charge in [0.15, 0.2) is 5.11 Å². The number of benzene rings is 2. The van der Waals surface area contributed by atoms with Crippen LogP contribution in [0.4, 0.5) is 0 Å². The molecular weight excluding hydrogens is 518 g/mol. The molecule has 2 aromatic carbocycles. The number of sulfonamides is 2. The largest absolute Gasteiger partial charge is 0.375 e. The van der Waals surface area contributed by atoms with Crippen LogP contribution in [0.25, 0.3) is 11.1 Å². The molecule has 0 bridgehead atoms. The van der Waals surface area contributed by atoms with E-state index in [4.69, 9.17) is 18.0 Å². The Morgan fingerprint density at radius 1 is 0.722 bits per heavy atom. The monoisotopic (exact) mass is 547 g/mol. The highest BCUT2D eigenvalue weighted by Gasteiger charge is 2.33. The Kier molecular flexibility index (Phi) is 6.90. The summed E-state index contributed by atoms with van der Waals surface area (Å²) in [5.74, 6) is 0. The standard InChI is InChI=1S/C24H29N5O4S3/c25-24(34)27-26-23-21-15-17(35(30,31)28-11-3-1-4-12-28)7-9-19(21)20-10-8-18(16-22(20)23)36(32,33)29-13-5-2-6-14-29/h7-10,15-16H,1-6,11-14H2,(H3,25,27,34). The molecule has 0 radical (unpaired) electrons. The Bertz CT molecular complexity index is 1340. The van der Waals surface area contributed by atoms with Crippen LogP contribution in [0.15, 0.2) is 51.3 Å². The molecule has 36 heavy (non-hydrogen) atoms. The maximum Gasteiger partial charge on any atom is 0.243 e. The number of hydrogen-bond acceptors (Lipinski definition) is 6. The van der Waals surface area contributed by atoms with Gasteiger partial charge in [-0.15, -0.1) is 0 Å². The van der Waals surface area contributed by atoms with E-state index in [1.165, 1.54) is 8.61 Å². The summed E-state index contributed by atoms with van der Waals surface area (Å²) >= 11 is 4.92. The summed E-state index contributed by atoms with van der Waals surface area (Å²) in [7, 11) is -7.33. The van der Waals surface area contributed by atoms with Gasteiger partial charge in [0.25, 0.3) is 0 Å². The average Bonchev–Trinajstić information content (AvgIpc) is 3.20. The molecule has 3 N–H and O–H groups in total. The maximum atomic E-state index is 13.3. The molecular formula is C24H29N5O4S3. The first-order valence-electron chi connectivity index (χ1n) is 12.1. The van der Waals surface area contributed by atoms with Gasteiger partial charge in [-0.1, -0.05) is 25.0 Å². The summed E-state index contributed by atoms with van der Waals surface area (Å²) in [4.78, 5) is 0.361. The average molecular weight is 548 g/mol. The van der Waals surface area contributed by atoms with Crippen molar-refractivity contribution in [1.82, 2.24) is 14.0 Å². The zero-order valence-corrected chi connectivity index (χ0v) is 22.3. The van der Waals surface area contributed by atoms with Gasteiger partial charge in [0, 0.05) is 37.3 Å². The maximum absolute atomic E-state index is 13.3. The molecule has 2 fully saturated rings. The summed E-state index contributed by atoms with van der Waals surface area (Å²) in [6, 6.07) is 9.94. The molecule has 0 saturated carbocycles. The Balaban J connectivity index is 1.58. The van der Waals surface area contributed by atoms with E-state index in [1.54, 1.807) is 36.4 Å². The van der Waals surface area contributed by atoms with Crippen LogP contribution in [0.1, 0.15) is 49.7 Å². The minimum Gasteiger partial charge on any atom is -0.375 e. The highest BCUT2D eigenvalue weighted by atomic mass is 32.2. The molecule has 2 aromatic rings. The Morgan fingerprint density at radius 2 is 1.14 bits per heavy atom. The third kappa shape index (κ3) is 4.56. The first kappa shape index (κ1) is 25.3. The van der Waals surface area contributed by atoms with E-state index < -0.39 is 20.0 Å². The van der Waals surface area contributed by atoms with Crippen LogP contribution >= 0.6 is 12.2 Å². The second-order valence-electron chi connectivity index (χ2n) is 9.28. The van der Waals surface area contributed by atoms with Crippen molar-refractivity contribution in [3.63, 3.8) is 0 Å². The van der Waals surface area contributed by atoms with Gasteiger partial charge in [0.2, 0.25) is 20.0 Å². The first-order valence-corrected chi connectivity index (χ1v) is 15.4. The number of piperidine rings is 2. The van der Waals surface area contributed by atoms with Gasteiger partial charge in [-0.2, -0.15) is 13.7 Å². The molecule has 0 unspecified atom stereocenters. The van der Waals surface area contributed by atoms with Crippen LogP contribution in [0.3, 0.4) is 0 Å². The van der Waals surface area contributed by atoms with Crippen molar-refractivity contribution in [3.8, 4) is 11.1 Å². The van der Waals surface area contributed by atoms with E-state index in [2.05, 4.69) is 10.5 Å². The van der Waals surface area contributed by atoms with Gasteiger partial charge < -0.3 is 5.73 Å². The SMILES string of the molecule is NC(=S)NN=C1c2cc(S(=O)(=O)N3CCCCC3)ccc2-c2ccc(S(=O)(=O)N3CCCCC3)cc21. The number of thiocarbonyl (C=S) groups is 1. The van der Waals surface area contributed by atoms with Crippen LogP contribution in [0.5, 0.6) is 0 Å². The number of hydrazone groups is 1. The zero-order valence-electron chi connectivity index (χ0n) is 19.8. The van der Waals surface area contributed by atoms with Crippen LogP contribution in [-0.4, -0.2) is 62.4 Å². The molecule has 1 aliphatic carbocycles. The van der Waals surface area contributed by atoms with Crippen LogP contribution in [-0.2, 0) is 20.0 Å². The molecule has 9 nitrogen and oxygen atoms in total. The summed E-state index contributed by atoms with van der Waals surface area (Å²) in [5.41, 5.74) is 11.3. The fourth-order valence-electron chi connectivity index (χ4n) is 5.11. The van der Waals surface area contributed by atoms with E-state index in [0.717, 1.165) is 49.7 Å². The van der Waals surface area contributed by atoms with Crippen molar-refractivity contribution >= 4 is 43.1 Å². The third-order valence-electron chi connectivity index (χ3n) is 6.97. The fourth-order valence-corrected chi connectivity index (χ4v) is 8.25. The number of nitrogens with two attached hydrogens (primary N) is 1. The normalized spacial score (nSPS) is 18.9. The van der Waals surface area contributed by atoms with Gasteiger partial charge in [0.1, 0.15) is 0 Å². The molecule has 2 aliphatic heterocycles. The summed E-state index contributed by atoms with van der Waals surface area (Å²) in [6.45, 7) is 2.01. The molecule has 0 amide bonds. The Morgan fingerprint density at radius 3 is 1.53 bits per heavy atom. The molecule has 3 aliphatic rings. The van der Waals surface area contributed by atoms with Gasteiger partial charge in [-0.05, 0) is 73.3 Å². The van der Waals surface area contributed by atoms with Crippen molar-refractivity contribution in [2.45, 2.75) is 48.3 Å². The quantitative estimate of drug-likeness (QED) is 0.372. The molecule has 5 rings (SSSR count). The molecule has 0 aromatic heterocycles. The molecule has 0 atom stereocenters. The highest BCUT2D eigenvalue weighted by Crippen LogP contribution is 2.40. The van der Waals surface area contributed by atoms with Crippen LogP contribution < -0.4 is 11.2 Å². The number of fused-ring (bicyclic) bond motifs is 3. The summed E-state index contributed by atoms with van der Waals surface area (Å²) in [5, 5.41) is 4.31. The fraction of sp³-hybridized carbons (Fsp3) is 0.417. The minimum absolute atomic E-state index is 0.0494. The lowest BCUT2D eigenvalue weighted by Gasteiger charge is -2.26.